The third-order valence-corrected chi connectivity index (χ3v) is 2.72. The molecule has 0 saturated carbocycles. The Hall–Kier alpha value is -1.10. The van der Waals surface area contributed by atoms with Gasteiger partial charge in [0.05, 0.1) is 12.3 Å². The van der Waals surface area contributed by atoms with Crippen LogP contribution in [-0.2, 0) is 14.3 Å². The van der Waals surface area contributed by atoms with Crippen LogP contribution in [0.1, 0.15) is 40.0 Å². The average molecular weight is 244 g/mol. The van der Waals surface area contributed by atoms with Gasteiger partial charge in [0.25, 0.3) is 0 Å². The summed E-state index contributed by atoms with van der Waals surface area (Å²) in [6.07, 6.45) is 0.351. The number of hydrogen-bond acceptors (Lipinski definition) is 4. The van der Waals surface area contributed by atoms with E-state index in [2.05, 4.69) is 0 Å². The van der Waals surface area contributed by atoms with Gasteiger partial charge in [-0.15, -0.1) is 0 Å². The highest BCUT2D eigenvalue weighted by Crippen LogP contribution is 2.36. The van der Waals surface area contributed by atoms with Crippen LogP contribution >= 0.6 is 0 Å². The van der Waals surface area contributed by atoms with E-state index in [1.807, 2.05) is 20.8 Å². The Morgan fingerprint density at radius 1 is 1.53 bits per heavy atom. The minimum atomic E-state index is -1.10. The predicted octanol–water partition coefficient (Wildman–Crippen LogP) is 1.19. The maximum Gasteiger partial charge on any atom is 0.309 e. The number of hydrogen-bond donors (Lipinski definition) is 2. The van der Waals surface area contributed by atoms with Gasteiger partial charge in [0.2, 0.25) is 0 Å². The Balaban J connectivity index is 2.71. The number of carboxylic acids is 1. The highest BCUT2D eigenvalue weighted by Gasteiger charge is 2.43. The first-order valence-electron chi connectivity index (χ1n) is 5.72. The summed E-state index contributed by atoms with van der Waals surface area (Å²) < 4.78 is 4.90. The number of cyclic esters (lactones) is 1. The molecule has 0 spiro atoms. The molecule has 1 aliphatic heterocycles. The van der Waals surface area contributed by atoms with Gasteiger partial charge in [0, 0.05) is 0 Å². The molecule has 0 amide bonds. The molecule has 5 heteroatoms. The van der Waals surface area contributed by atoms with E-state index in [-0.39, 0.29) is 24.9 Å². The van der Waals surface area contributed by atoms with Crippen LogP contribution in [0.4, 0.5) is 0 Å². The second kappa shape index (κ2) is 4.64. The van der Waals surface area contributed by atoms with E-state index in [0.29, 0.717) is 6.42 Å². The van der Waals surface area contributed by atoms with Crippen molar-refractivity contribution >= 4 is 11.9 Å². The molecule has 1 saturated heterocycles. The molecular formula is C12H20O5. The highest BCUT2D eigenvalue weighted by atomic mass is 16.5. The Morgan fingerprint density at radius 2 is 2.12 bits per heavy atom. The molecule has 0 aromatic heterocycles. The summed E-state index contributed by atoms with van der Waals surface area (Å²) in [5.41, 5.74) is -1.21. The lowest BCUT2D eigenvalue weighted by Crippen LogP contribution is -2.47. The number of rotatable bonds is 3. The lowest BCUT2D eigenvalue weighted by Gasteiger charge is -2.39. The first-order valence-corrected chi connectivity index (χ1v) is 5.72. The molecule has 2 unspecified atom stereocenters. The van der Waals surface area contributed by atoms with Crippen LogP contribution < -0.4 is 0 Å². The highest BCUT2D eigenvalue weighted by molar-refractivity contribution is 5.79. The van der Waals surface area contributed by atoms with Gasteiger partial charge in [0.15, 0.2) is 0 Å². The molecule has 5 nitrogen and oxygen atoms in total. The van der Waals surface area contributed by atoms with E-state index in [4.69, 9.17) is 9.84 Å². The minimum absolute atomic E-state index is 0.0424. The molecule has 0 bridgehead atoms. The van der Waals surface area contributed by atoms with E-state index < -0.39 is 23.5 Å². The molecule has 1 heterocycles. The molecule has 1 fully saturated rings. The van der Waals surface area contributed by atoms with E-state index in [1.165, 1.54) is 0 Å². The van der Waals surface area contributed by atoms with Crippen molar-refractivity contribution in [2.75, 3.05) is 6.61 Å². The zero-order chi connectivity index (χ0) is 13.3. The first kappa shape index (κ1) is 14.0. The largest absolute Gasteiger partial charge is 0.481 e. The predicted molar refractivity (Wildman–Crippen MR) is 60.3 cm³/mol. The van der Waals surface area contributed by atoms with Crippen LogP contribution in [0.15, 0.2) is 0 Å². The summed E-state index contributed by atoms with van der Waals surface area (Å²) in [5, 5.41) is 19.0. The van der Waals surface area contributed by atoms with Crippen molar-refractivity contribution in [3.8, 4) is 0 Å². The third kappa shape index (κ3) is 4.34. The van der Waals surface area contributed by atoms with Crippen molar-refractivity contribution < 1.29 is 24.5 Å². The Morgan fingerprint density at radius 3 is 2.59 bits per heavy atom. The van der Waals surface area contributed by atoms with Gasteiger partial charge in [0.1, 0.15) is 12.2 Å². The maximum atomic E-state index is 11.4. The Bertz CT molecular complexity index is 317. The van der Waals surface area contributed by atoms with Crippen LogP contribution in [-0.4, -0.2) is 34.4 Å². The molecule has 0 aromatic carbocycles. The topological polar surface area (TPSA) is 83.8 Å². The summed E-state index contributed by atoms with van der Waals surface area (Å²) in [5.74, 6) is -2.31. The molecule has 17 heavy (non-hydrogen) atoms. The monoisotopic (exact) mass is 244 g/mol. The Labute approximate surface area is 101 Å². The van der Waals surface area contributed by atoms with Crippen LogP contribution in [0.2, 0.25) is 0 Å². The van der Waals surface area contributed by atoms with Crippen LogP contribution in [0.3, 0.4) is 0 Å². The fourth-order valence-electron chi connectivity index (χ4n) is 2.40. The standard InChI is InChI=1S/C12H20O5/c1-11(2,3)6-12(16)5-8(4-9(13)14)10(15)17-7-12/h8,16H,4-7H2,1-3H3,(H,13,14). The van der Waals surface area contributed by atoms with Crippen LogP contribution in [0.5, 0.6) is 0 Å². The fraction of sp³-hybridized carbons (Fsp3) is 0.833. The smallest absolute Gasteiger partial charge is 0.309 e. The van der Waals surface area contributed by atoms with E-state index in [0.717, 1.165) is 0 Å². The zero-order valence-electron chi connectivity index (χ0n) is 10.5. The number of carboxylic acid groups (broad SMARTS) is 1. The SMILES string of the molecule is CC(C)(C)CC1(O)COC(=O)C(CC(=O)O)C1. The van der Waals surface area contributed by atoms with Gasteiger partial charge >= 0.3 is 11.9 Å². The third-order valence-electron chi connectivity index (χ3n) is 2.72. The summed E-state index contributed by atoms with van der Waals surface area (Å²) in [6.45, 7) is 5.90. The van der Waals surface area contributed by atoms with Gasteiger partial charge in [-0.05, 0) is 18.3 Å². The van der Waals surface area contributed by atoms with E-state index in [1.54, 1.807) is 0 Å². The molecular weight excluding hydrogens is 224 g/mol. The molecule has 1 rings (SSSR count). The summed E-state index contributed by atoms with van der Waals surface area (Å²) in [6, 6.07) is 0. The van der Waals surface area contributed by atoms with Gasteiger partial charge in [-0.3, -0.25) is 9.59 Å². The quantitative estimate of drug-likeness (QED) is 0.728. The molecule has 98 valence electrons. The van der Waals surface area contributed by atoms with Crippen molar-refractivity contribution in [3.05, 3.63) is 0 Å². The van der Waals surface area contributed by atoms with Gasteiger partial charge in [-0.25, -0.2) is 0 Å². The number of carbonyl (C=O) groups is 2. The van der Waals surface area contributed by atoms with Crippen molar-refractivity contribution in [2.24, 2.45) is 11.3 Å². The van der Waals surface area contributed by atoms with Crippen molar-refractivity contribution in [3.63, 3.8) is 0 Å². The normalized spacial score (nSPS) is 29.9. The van der Waals surface area contributed by atoms with Crippen LogP contribution in [0, 0.1) is 11.3 Å². The first-order chi connectivity index (χ1) is 7.61. The molecule has 0 aromatic rings. The minimum Gasteiger partial charge on any atom is -0.481 e. The van der Waals surface area contributed by atoms with Gasteiger partial charge in [-0.2, -0.15) is 0 Å². The molecule has 0 radical (unpaired) electrons. The second-order valence-corrected chi connectivity index (χ2v) is 6.07. The van der Waals surface area contributed by atoms with Crippen molar-refractivity contribution in [1.82, 2.24) is 0 Å². The maximum absolute atomic E-state index is 11.4. The number of aliphatic hydroxyl groups is 1. The number of carbonyl (C=O) groups excluding carboxylic acids is 1. The van der Waals surface area contributed by atoms with Crippen molar-refractivity contribution in [1.29, 1.82) is 0 Å². The Kier molecular flexibility index (Phi) is 3.81. The lowest BCUT2D eigenvalue weighted by molar-refractivity contribution is -0.177. The summed E-state index contributed by atoms with van der Waals surface area (Å²) >= 11 is 0. The van der Waals surface area contributed by atoms with E-state index in [9.17, 15) is 14.7 Å². The summed E-state index contributed by atoms with van der Waals surface area (Å²) in [4.78, 5) is 22.0. The molecule has 1 aliphatic rings. The number of esters is 1. The average Bonchev–Trinajstić information content (AvgIpc) is 2.07. The van der Waals surface area contributed by atoms with E-state index >= 15 is 0 Å². The fourth-order valence-corrected chi connectivity index (χ4v) is 2.40. The molecule has 2 atom stereocenters. The van der Waals surface area contributed by atoms with Crippen LogP contribution in [0.25, 0.3) is 0 Å². The van der Waals surface area contributed by atoms with Gasteiger partial charge in [-0.1, -0.05) is 20.8 Å². The lowest BCUT2D eigenvalue weighted by atomic mass is 9.76. The van der Waals surface area contributed by atoms with Crippen molar-refractivity contribution in [2.45, 2.75) is 45.6 Å². The zero-order valence-corrected chi connectivity index (χ0v) is 10.5. The second-order valence-electron chi connectivity index (χ2n) is 6.07. The molecule has 2 N–H and O–H groups in total. The van der Waals surface area contributed by atoms with Gasteiger partial charge < -0.3 is 14.9 Å². The summed E-state index contributed by atoms with van der Waals surface area (Å²) in [7, 11) is 0. The number of ether oxygens (including phenoxy) is 1. The number of aliphatic carboxylic acids is 1. The molecule has 0 aliphatic carbocycles.